The van der Waals surface area contributed by atoms with E-state index in [4.69, 9.17) is 9.98 Å². The first-order chi connectivity index (χ1) is 14.0. The van der Waals surface area contributed by atoms with Crippen LogP contribution >= 0.6 is 31.9 Å². The molecule has 1 aliphatic heterocycles. The van der Waals surface area contributed by atoms with E-state index in [1.165, 1.54) is 0 Å². The monoisotopic (exact) mass is 507 g/mol. The molecule has 142 valence electrons. The lowest BCUT2D eigenvalue weighted by Gasteiger charge is -2.35. The van der Waals surface area contributed by atoms with Crippen LogP contribution in [0.25, 0.3) is 11.0 Å². The molecule has 0 saturated carbocycles. The van der Waals surface area contributed by atoms with Crippen LogP contribution in [0, 0.1) is 0 Å². The molecule has 0 spiro atoms. The van der Waals surface area contributed by atoms with E-state index < -0.39 is 5.54 Å². The van der Waals surface area contributed by atoms with Crippen molar-refractivity contribution in [3.8, 4) is 0 Å². The summed E-state index contributed by atoms with van der Waals surface area (Å²) in [6.07, 6.45) is 0. The zero-order valence-electron chi connectivity index (χ0n) is 15.4. The molecule has 0 bridgehead atoms. The molecule has 0 amide bonds. The standard InChI is InChI=1S/C23H15Br2N3O/c1-23(15-7-5-9-17(25)13-15)21(29)20(14-6-4-8-16(24)12-14)27-22-26-18-10-2-3-11-19(18)28(22)23/h2-13H,1H3. The van der Waals surface area contributed by atoms with Gasteiger partial charge >= 0.3 is 0 Å². The maximum Gasteiger partial charge on any atom is 0.232 e. The van der Waals surface area contributed by atoms with Gasteiger partial charge in [-0.15, -0.1) is 0 Å². The summed E-state index contributed by atoms with van der Waals surface area (Å²) in [5.41, 5.74) is 2.78. The van der Waals surface area contributed by atoms with Gasteiger partial charge in [0.05, 0.1) is 11.0 Å². The molecule has 6 heteroatoms. The van der Waals surface area contributed by atoms with Crippen LogP contribution in [0.3, 0.4) is 0 Å². The largest absolute Gasteiger partial charge is 0.291 e. The molecular formula is C23H15Br2N3O. The number of nitrogens with zero attached hydrogens (tertiary/aromatic N) is 3. The second kappa shape index (κ2) is 6.75. The molecule has 2 heterocycles. The summed E-state index contributed by atoms with van der Waals surface area (Å²) in [5.74, 6) is 0.465. The first kappa shape index (κ1) is 18.5. The number of imidazole rings is 1. The van der Waals surface area contributed by atoms with Crippen molar-refractivity contribution in [2.45, 2.75) is 12.5 Å². The number of hydrogen-bond acceptors (Lipinski definition) is 3. The summed E-state index contributed by atoms with van der Waals surface area (Å²) < 4.78 is 3.77. The Morgan fingerprint density at radius 2 is 1.62 bits per heavy atom. The molecule has 5 rings (SSSR count). The summed E-state index contributed by atoms with van der Waals surface area (Å²) in [7, 11) is 0. The van der Waals surface area contributed by atoms with Crippen LogP contribution in [0.2, 0.25) is 0 Å². The van der Waals surface area contributed by atoms with E-state index in [0.717, 1.165) is 31.1 Å². The zero-order chi connectivity index (χ0) is 20.2. The minimum Gasteiger partial charge on any atom is -0.291 e. The van der Waals surface area contributed by atoms with Gasteiger partial charge in [-0.05, 0) is 48.9 Å². The van der Waals surface area contributed by atoms with Gasteiger partial charge in [0.2, 0.25) is 11.7 Å². The lowest BCUT2D eigenvalue weighted by atomic mass is 9.82. The SMILES string of the molecule is CC1(c2cccc(Br)c2)C(=O)C(c2cccc(Br)c2)=Nc2nc3ccccc3n21. The highest BCUT2D eigenvalue weighted by Crippen LogP contribution is 2.40. The number of hydrogen-bond donors (Lipinski definition) is 0. The maximum atomic E-state index is 14.0. The Balaban J connectivity index is 1.86. The Morgan fingerprint density at radius 3 is 2.38 bits per heavy atom. The fourth-order valence-electron chi connectivity index (χ4n) is 3.89. The van der Waals surface area contributed by atoms with Crippen LogP contribution in [-0.2, 0) is 10.3 Å². The number of ketones is 1. The molecular weight excluding hydrogens is 494 g/mol. The highest BCUT2D eigenvalue weighted by molar-refractivity contribution is 9.10. The first-order valence-electron chi connectivity index (χ1n) is 9.12. The lowest BCUT2D eigenvalue weighted by molar-refractivity contribution is -0.118. The quantitative estimate of drug-likeness (QED) is 0.332. The molecule has 1 aromatic heterocycles. The third-order valence-corrected chi connectivity index (χ3v) is 6.33. The molecule has 1 unspecified atom stereocenters. The van der Waals surface area contributed by atoms with Crippen LogP contribution in [0.1, 0.15) is 18.1 Å². The van der Waals surface area contributed by atoms with Gasteiger partial charge in [-0.25, -0.2) is 9.98 Å². The predicted molar refractivity (Wildman–Crippen MR) is 122 cm³/mol. The second-order valence-corrected chi connectivity index (χ2v) is 8.95. The number of halogens is 2. The number of aromatic nitrogens is 2. The average Bonchev–Trinajstić information content (AvgIpc) is 3.09. The van der Waals surface area contributed by atoms with E-state index in [-0.39, 0.29) is 5.78 Å². The Hall–Kier alpha value is -2.57. The van der Waals surface area contributed by atoms with Gasteiger partial charge in [0.1, 0.15) is 11.3 Å². The van der Waals surface area contributed by atoms with Gasteiger partial charge in [-0.1, -0.05) is 68.3 Å². The van der Waals surface area contributed by atoms with Gasteiger partial charge in [-0.3, -0.25) is 9.36 Å². The Morgan fingerprint density at radius 1 is 0.897 bits per heavy atom. The summed E-state index contributed by atoms with van der Waals surface area (Å²) in [6.45, 7) is 1.95. The van der Waals surface area contributed by atoms with Gasteiger partial charge in [0.25, 0.3) is 0 Å². The molecule has 1 aliphatic rings. The van der Waals surface area contributed by atoms with Gasteiger partial charge < -0.3 is 0 Å². The van der Waals surface area contributed by atoms with Crippen LogP contribution < -0.4 is 0 Å². The molecule has 4 nitrogen and oxygen atoms in total. The fourth-order valence-corrected chi connectivity index (χ4v) is 4.69. The first-order valence-corrected chi connectivity index (χ1v) is 10.7. The van der Waals surface area contributed by atoms with Crippen LogP contribution in [-0.4, -0.2) is 21.0 Å². The van der Waals surface area contributed by atoms with Crippen molar-refractivity contribution in [2.75, 3.05) is 0 Å². The number of aliphatic imine (C=N–C) groups is 1. The van der Waals surface area contributed by atoms with Crippen molar-refractivity contribution < 1.29 is 4.79 Å². The lowest BCUT2D eigenvalue weighted by Crippen LogP contribution is -2.46. The number of fused-ring (bicyclic) bond motifs is 3. The molecule has 1 atom stereocenters. The van der Waals surface area contributed by atoms with E-state index in [0.29, 0.717) is 11.7 Å². The van der Waals surface area contributed by atoms with Crippen LogP contribution in [0.5, 0.6) is 0 Å². The van der Waals surface area contributed by atoms with Crippen molar-refractivity contribution in [3.63, 3.8) is 0 Å². The van der Waals surface area contributed by atoms with Crippen LogP contribution in [0.15, 0.2) is 86.7 Å². The molecule has 0 saturated heterocycles. The summed E-state index contributed by atoms with van der Waals surface area (Å²) in [5, 5.41) is 0. The van der Waals surface area contributed by atoms with Crippen molar-refractivity contribution in [2.24, 2.45) is 4.99 Å². The normalized spacial score (nSPS) is 18.6. The highest BCUT2D eigenvalue weighted by Gasteiger charge is 2.45. The van der Waals surface area contributed by atoms with E-state index >= 15 is 0 Å². The molecule has 0 N–H and O–H groups in total. The number of rotatable bonds is 2. The molecule has 0 fully saturated rings. The Labute approximate surface area is 184 Å². The number of carbonyl (C=O) groups is 1. The topological polar surface area (TPSA) is 47.2 Å². The third-order valence-electron chi connectivity index (χ3n) is 5.34. The minimum atomic E-state index is -0.978. The minimum absolute atomic E-state index is 0.0654. The van der Waals surface area contributed by atoms with E-state index in [1.54, 1.807) is 0 Å². The summed E-state index contributed by atoms with van der Waals surface area (Å²) in [4.78, 5) is 23.4. The zero-order valence-corrected chi connectivity index (χ0v) is 18.6. The van der Waals surface area contributed by atoms with Crippen molar-refractivity contribution >= 4 is 60.3 Å². The van der Waals surface area contributed by atoms with Crippen molar-refractivity contribution in [1.82, 2.24) is 9.55 Å². The number of benzene rings is 3. The van der Waals surface area contributed by atoms with Gasteiger partial charge in [0, 0.05) is 14.5 Å². The predicted octanol–water partition coefficient (Wildman–Crippen LogP) is 6.03. The second-order valence-electron chi connectivity index (χ2n) is 7.12. The maximum absolute atomic E-state index is 14.0. The van der Waals surface area contributed by atoms with E-state index in [1.807, 2.05) is 84.3 Å². The molecule has 29 heavy (non-hydrogen) atoms. The number of Topliss-reactive ketones (excluding diaryl/α,β-unsaturated/α-hetero) is 1. The Kier molecular flexibility index (Phi) is 4.29. The van der Waals surface area contributed by atoms with Crippen molar-refractivity contribution in [3.05, 3.63) is 92.9 Å². The van der Waals surface area contributed by atoms with Gasteiger partial charge in [0.15, 0.2) is 0 Å². The summed E-state index contributed by atoms with van der Waals surface area (Å²) in [6, 6.07) is 23.3. The van der Waals surface area contributed by atoms with Crippen LogP contribution in [0.4, 0.5) is 5.95 Å². The number of para-hydroxylation sites is 2. The molecule has 4 aromatic rings. The summed E-state index contributed by atoms with van der Waals surface area (Å²) >= 11 is 7.05. The van der Waals surface area contributed by atoms with E-state index in [2.05, 4.69) is 31.9 Å². The third kappa shape index (κ3) is 2.81. The molecule has 0 radical (unpaired) electrons. The smallest absolute Gasteiger partial charge is 0.232 e. The average molecular weight is 509 g/mol. The van der Waals surface area contributed by atoms with Gasteiger partial charge in [-0.2, -0.15) is 0 Å². The fraction of sp³-hybridized carbons (Fsp3) is 0.0870. The number of carbonyl (C=O) groups excluding carboxylic acids is 1. The van der Waals surface area contributed by atoms with E-state index in [9.17, 15) is 4.79 Å². The van der Waals surface area contributed by atoms with Crippen molar-refractivity contribution in [1.29, 1.82) is 0 Å². The molecule has 3 aromatic carbocycles. The Bertz CT molecular complexity index is 1320. The molecule has 0 aliphatic carbocycles. The highest BCUT2D eigenvalue weighted by atomic mass is 79.9.